The Kier molecular flexibility index (Phi) is 3.07. The molecule has 0 heterocycles. The molecule has 0 aliphatic rings. The third-order valence-electron chi connectivity index (χ3n) is 1.72. The summed E-state index contributed by atoms with van der Waals surface area (Å²) in [5.74, 6) is -0.472. The second kappa shape index (κ2) is 3.90. The van der Waals surface area contributed by atoms with E-state index in [2.05, 4.69) is 6.58 Å². The van der Waals surface area contributed by atoms with Crippen molar-refractivity contribution in [3.05, 3.63) is 46.8 Å². The Bertz CT molecular complexity index is 336. The van der Waals surface area contributed by atoms with Gasteiger partial charge >= 0.3 is 0 Å². The first-order valence-corrected chi connectivity index (χ1v) is 4.18. The molecule has 0 saturated heterocycles. The van der Waals surface area contributed by atoms with E-state index in [1.54, 1.807) is 6.92 Å². The number of halogens is 2. The maximum atomic E-state index is 13.1. The van der Waals surface area contributed by atoms with Crippen LogP contribution >= 0.6 is 11.6 Å². The summed E-state index contributed by atoms with van der Waals surface area (Å²) in [5.41, 5.74) is 0.654. The Morgan fingerprint density at radius 3 is 2.77 bits per heavy atom. The molecule has 0 aliphatic carbocycles. The molecule has 1 N–H and O–H groups in total. The molecule has 1 unspecified atom stereocenters. The summed E-state index contributed by atoms with van der Waals surface area (Å²) in [7, 11) is 0. The minimum absolute atomic E-state index is 0.167. The number of hydrogen-bond acceptors (Lipinski definition) is 1. The zero-order valence-electron chi connectivity index (χ0n) is 7.22. The lowest BCUT2D eigenvalue weighted by Crippen LogP contribution is -2.00. The molecule has 13 heavy (non-hydrogen) atoms. The number of benzene rings is 1. The summed E-state index contributed by atoms with van der Waals surface area (Å²) in [6.45, 7) is 5.17. The van der Waals surface area contributed by atoms with Gasteiger partial charge in [0, 0.05) is 10.6 Å². The highest BCUT2D eigenvalue weighted by Crippen LogP contribution is 2.25. The minimum atomic E-state index is -0.987. The van der Waals surface area contributed by atoms with Crippen molar-refractivity contribution >= 4 is 11.6 Å². The molecule has 0 amide bonds. The van der Waals surface area contributed by atoms with Gasteiger partial charge in [0.2, 0.25) is 0 Å². The van der Waals surface area contributed by atoms with Crippen LogP contribution in [-0.4, -0.2) is 5.11 Å². The largest absolute Gasteiger partial charge is 0.384 e. The van der Waals surface area contributed by atoms with Gasteiger partial charge in [0.05, 0.1) is 0 Å². The quantitative estimate of drug-likeness (QED) is 0.728. The molecule has 0 spiro atoms. The SMILES string of the molecule is C=C(C)C(O)c1cc(Cl)ccc1F. The molecule has 0 bridgehead atoms. The summed E-state index contributed by atoms with van der Waals surface area (Å²) in [5, 5.41) is 9.90. The Balaban J connectivity index is 3.12. The van der Waals surface area contributed by atoms with E-state index in [1.807, 2.05) is 0 Å². The van der Waals surface area contributed by atoms with E-state index in [1.165, 1.54) is 18.2 Å². The second-order valence-electron chi connectivity index (χ2n) is 2.91. The molecular weight excluding hydrogens is 191 g/mol. The second-order valence-corrected chi connectivity index (χ2v) is 3.35. The van der Waals surface area contributed by atoms with Crippen molar-refractivity contribution in [3.63, 3.8) is 0 Å². The fourth-order valence-electron chi connectivity index (χ4n) is 0.990. The van der Waals surface area contributed by atoms with Crippen LogP contribution in [-0.2, 0) is 0 Å². The zero-order valence-corrected chi connectivity index (χ0v) is 7.98. The number of hydrogen-bond donors (Lipinski definition) is 1. The van der Waals surface area contributed by atoms with Gasteiger partial charge in [-0.15, -0.1) is 0 Å². The van der Waals surface area contributed by atoms with Crippen LogP contribution in [0.2, 0.25) is 5.02 Å². The topological polar surface area (TPSA) is 20.2 Å². The van der Waals surface area contributed by atoms with Crippen molar-refractivity contribution in [2.45, 2.75) is 13.0 Å². The van der Waals surface area contributed by atoms with Crippen LogP contribution < -0.4 is 0 Å². The Morgan fingerprint density at radius 1 is 1.62 bits per heavy atom. The molecule has 1 atom stereocenters. The molecule has 0 fully saturated rings. The van der Waals surface area contributed by atoms with Gasteiger partial charge in [0.1, 0.15) is 11.9 Å². The fourth-order valence-corrected chi connectivity index (χ4v) is 1.17. The van der Waals surface area contributed by atoms with Gasteiger partial charge < -0.3 is 5.11 Å². The molecule has 0 saturated carbocycles. The molecule has 1 nitrogen and oxygen atoms in total. The van der Waals surface area contributed by atoms with Gasteiger partial charge in [-0.25, -0.2) is 4.39 Å². The van der Waals surface area contributed by atoms with Crippen LogP contribution in [0.3, 0.4) is 0 Å². The summed E-state index contributed by atoms with van der Waals surface area (Å²) in [6.07, 6.45) is -0.987. The lowest BCUT2D eigenvalue weighted by molar-refractivity contribution is 0.211. The molecule has 70 valence electrons. The average Bonchev–Trinajstić information content (AvgIpc) is 2.08. The normalized spacial score (nSPS) is 12.6. The van der Waals surface area contributed by atoms with Crippen LogP contribution in [0.15, 0.2) is 30.4 Å². The molecular formula is C10H10ClFO. The molecule has 1 rings (SSSR count). The predicted molar refractivity (Wildman–Crippen MR) is 51.2 cm³/mol. The van der Waals surface area contributed by atoms with Crippen LogP contribution in [0.5, 0.6) is 0 Å². The summed E-state index contributed by atoms with van der Waals surface area (Å²) in [6, 6.07) is 4.06. The van der Waals surface area contributed by atoms with E-state index in [0.29, 0.717) is 10.6 Å². The first kappa shape index (κ1) is 10.2. The van der Waals surface area contributed by atoms with Gasteiger partial charge in [0.25, 0.3) is 0 Å². The van der Waals surface area contributed by atoms with Crippen LogP contribution in [0.4, 0.5) is 4.39 Å². The number of aliphatic hydroxyl groups is 1. The summed E-state index contributed by atoms with van der Waals surface area (Å²) < 4.78 is 13.1. The van der Waals surface area contributed by atoms with Crippen LogP contribution in [0.25, 0.3) is 0 Å². The standard InChI is InChI=1S/C10H10ClFO/c1-6(2)10(13)8-5-7(11)3-4-9(8)12/h3-5,10,13H,1H2,2H3. The van der Waals surface area contributed by atoms with Crippen molar-refractivity contribution in [2.24, 2.45) is 0 Å². The molecule has 0 radical (unpaired) electrons. The molecule has 0 aromatic heterocycles. The van der Waals surface area contributed by atoms with Crippen LogP contribution in [0, 0.1) is 5.82 Å². The molecule has 1 aromatic carbocycles. The third kappa shape index (κ3) is 2.29. The van der Waals surface area contributed by atoms with Gasteiger partial charge in [-0.1, -0.05) is 18.2 Å². The number of rotatable bonds is 2. The minimum Gasteiger partial charge on any atom is -0.384 e. The summed E-state index contributed by atoms with van der Waals surface area (Å²) in [4.78, 5) is 0. The van der Waals surface area contributed by atoms with E-state index < -0.39 is 11.9 Å². The van der Waals surface area contributed by atoms with Crippen molar-refractivity contribution in [3.8, 4) is 0 Å². The van der Waals surface area contributed by atoms with Gasteiger partial charge in [-0.05, 0) is 30.7 Å². The van der Waals surface area contributed by atoms with Gasteiger partial charge in [-0.2, -0.15) is 0 Å². The van der Waals surface area contributed by atoms with E-state index in [9.17, 15) is 9.50 Å². The fraction of sp³-hybridized carbons (Fsp3) is 0.200. The monoisotopic (exact) mass is 200 g/mol. The molecule has 1 aromatic rings. The highest BCUT2D eigenvalue weighted by Gasteiger charge is 2.13. The van der Waals surface area contributed by atoms with Crippen molar-refractivity contribution < 1.29 is 9.50 Å². The number of aliphatic hydroxyl groups excluding tert-OH is 1. The van der Waals surface area contributed by atoms with Crippen molar-refractivity contribution in [1.82, 2.24) is 0 Å². The lowest BCUT2D eigenvalue weighted by atomic mass is 10.0. The van der Waals surface area contributed by atoms with E-state index in [-0.39, 0.29) is 5.56 Å². The van der Waals surface area contributed by atoms with Gasteiger partial charge in [-0.3, -0.25) is 0 Å². The first-order chi connectivity index (χ1) is 6.02. The smallest absolute Gasteiger partial charge is 0.129 e. The Morgan fingerprint density at radius 2 is 2.23 bits per heavy atom. The van der Waals surface area contributed by atoms with E-state index >= 15 is 0 Å². The maximum Gasteiger partial charge on any atom is 0.129 e. The van der Waals surface area contributed by atoms with Crippen molar-refractivity contribution in [2.75, 3.05) is 0 Å². The average molecular weight is 201 g/mol. The van der Waals surface area contributed by atoms with E-state index in [4.69, 9.17) is 11.6 Å². The lowest BCUT2D eigenvalue weighted by Gasteiger charge is -2.11. The summed E-state index contributed by atoms with van der Waals surface area (Å²) >= 11 is 5.66. The molecule has 0 aliphatic heterocycles. The zero-order chi connectivity index (χ0) is 10.0. The van der Waals surface area contributed by atoms with Crippen LogP contribution in [0.1, 0.15) is 18.6 Å². The third-order valence-corrected chi connectivity index (χ3v) is 1.95. The molecule has 3 heteroatoms. The maximum absolute atomic E-state index is 13.1. The first-order valence-electron chi connectivity index (χ1n) is 3.81. The predicted octanol–water partition coefficient (Wildman–Crippen LogP) is 3.09. The van der Waals surface area contributed by atoms with Crippen molar-refractivity contribution in [1.29, 1.82) is 0 Å². The highest BCUT2D eigenvalue weighted by atomic mass is 35.5. The Hall–Kier alpha value is -0.860. The van der Waals surface area contributed by atoms with E-state index in [0.717, 1.165) is 0 Å². The highest BCUT2D eigenvalue weighted by molar-refractivity contribution is 6.30. The Labute approximate surface area is 81.5 Å². The van der Waals surface area contributed by atoms with Gasteiger partial charge in [0.15, 0.2) is 0 Å².